The molecule has 19 heavy (non-hydrogen) atoms. The molecule has 0 spiro atoms. The van der Waals surface area contributed by atoms with Crippen LogP contribution in [0, 0.1) is 0 Å². The van der Waals surface area contributed by atoms with E-state index in [1.807, 2.05) is 60.6 Å². The van der Waals surface area contributed by atoms with E-state index in [9.17, 15) is 4.79 Å². The van der Waals surface area contributed by atoms with E-state index in [2.05, 4.69) is 0 Å². The number of allylic oxidation sites excluding steroid dienone is 4. The Labute approximate surface area is 114 Å². The molecule has 0 radical (unpaired) electrons. The Morgan fingerprint density at radius 2 is 1.84 bits per heavy atom. The van der Waals surface area contributed by atoms with Crippen LogP contribution in [0.4, 0.5) is 5.69 Å². The molecule has 0 N–H and O–H groups in total. The van der Waals surface area contributed by atoms with Gasteiger partial charge < -0.3 is 9.64 Å². The molecule has 0 aliphatic rings. The third kappa shape index (κ3) is 6.27. The van der Waals surface area contributed by atoms with E-state index < -0.39 is 0 Å². The van der Waals surface area contributed by atoms with Crippen molar-refractivity contribution in [3.8, 4) is 0 Å². The van der Waals surface area contributed by atoms with Crippen LogP contribution in [-0.4, -0.2) is 19.6 Å². The summed E-state index contributed by atoms with van der Waals surface area (Å²) in [5, 5.41) is 0. The summed E-state index contributed by atoms with van der Waals surface area (Å²) in [6.07, 6.45) is 10.5. The average molecular weight is 257 g/mol. The molecule has 0 heterocycles. The Bertz CT molecular complexity index is 461. The summed E-state index contributed by atoms with van der Waals surface area (Å²) in [5.41, 5.74) is 1.12. The molecule has 0 saturated heterocycles. The molecule has 0 aliphatic heterocycles. The maximum absolute atomic E-state index is 11.0. The van der Waals surface area contributed by atoms with Gasteiger partial charge in [-0.1, -0.05) is 36.4 Å². The molecule has 0 atom stereocenters. The predicted octanol–water partition coefficient (Wildman–Crippen LogP) is 3.31. The van der Waals surface area contributed by atoms with Crippen LogP contribution in [0.2, 0.25) is 0 Å². The smallest absolute Gasteiger partial charge is 0.330 e. The number of carbonyl (C=O) groups excluding carboxylic acids is 1. The molecule has 1 aromatic carbocycles. The summed E-state index contributed by atoms with van der Waals surface area (Å²) in [6, 6.07) is 10.1. The maximum atomic E-state index is 11.0. The minimum atomic E-state index is -0.322. The van der Waals surface area contributed by atoms with Crippen LogP contribution < -0.4 is 4.90 Å². The van der Waals surface area contributed by atoms with Crippen molar-refractivity contribution in [2.45, 2.75) is 6.92 Å². The van der Waals surface area contributed by atoms with Crippen LogP contribution in [-0.2, 0) is 9.53 Å². The lowest BCUT2D eigenvalue weighted by Gasteiger charge is -2.12. The number of hydrogen-bond donors (Lipinski definition) is 0. The summed E-state index contributed by atoms with van der Waals surface area (Å²) >= 11 is 0. The van der Waals surface area contributed by atoms with Crippen LogP contribution in [0.15, 0.2) is 66.9 Å². The van der Waals surface area contributed by atoms with Gasteiger partial charge in [-0.25, -0.2) is 4.79 Å². The molecule has 1 aromatic rings. The zero-order valence-corrected chi connectivity index (χ0v) is 11.3. The molecule has 100 valence electrons. The first-order chi connectivity index (χ1) is 9.24. The van der Waals surface area contributed by atoms with Gasteiger partial charge in [-0.3, -0.25) is 0 Å². The van der Waals surface area contributed by atoms with Crippen LogP contribution in [0.1, 0.15) is 6.92 Å². The quantitative estimate of drug-likeness (QED) is 0.445. The molecule has 1 rings (SSSR count). The maximum Gasteiger partial charge on any atom is 0.330 e. The fraction of sp³-hybridized carbons (Fsp3) is 0.188. The Morgan fingerprint density at radius 1 is 1.16 bits per heavy atom. The Kier molecular flexibility index (Phi) is 6.80. The zero-order chi connectivity index (χ0) is 13.9. The van der Waals surface area contributed by atoms with Crippen molar-refractivity contribution in [3.05, 3.63) is 66.9 Å². The molecule has 0 bridgehead atoms. The lowest BCUT2D eigenvalue weighted by Crippen LogP contribution is -2.06. The Morgan fingerprint density at radius 3 is 2.53 bits per heavy atom. The molecule has 0 aliphatic carbocycles. The molecule has 0 saturated carbocycles. The highest BCUT2D eigenvalue weighted by Gasteiger charge is 1.92. The SMILES string of the molecule is CCOC(=O)/C=C/C=C/C=C/N(C)c1ccccc1. The number of ether oxygens (including phenoxy) is 1. The van der Waals surface area contributed by atoms with Crippen LogP contribution in [0.25, 0.3) is 0 Å². The first kappa shape index (κ1) is 14.8. The highest BCUT2D eigenvalue weighted by atomic mass is 16.5. The van der Waals surface area contributed by atoms with E-state index >= 15 is 0 Å². The third-order valence-electron chi connectivity index (χ3n) is 2.33. The van der Waals surface area contributed by atoms with Gasteiger partial charge in [0.05, 0.1) is 6.61 Å². The number of hydrogen-bond acceptors (Lipinski definition) is 3. The average Bonchev–Trinajstić information content (AvgIpc) is 2.43. The van der Waals surface area contributed by atoms with Gasteiger partial charge in [0, 0.05) is 25.0 Å². The largest absolute Gasteiger partial charge is 0.463 e. The second kappa shape index (κ2) is 8.75. The van der Waals surface area contributed by atoms with Crippen LogP contribution in [0.3, 0.4) is 0 Å². The standard InChI is InChI=1S/C16H19NO2/c1-3-19-16(18)13-9-4-5-10-14-17(2)15-11-7-6-8-12-15/h4-14H,3H2,1-2H3/b5-4+,13-9+,14-10+. The van der Waals surface area contributed by atoms with Crippen molar-refractivity contribution in [3.63, 3.8) is 0 Å². The second-order valence-electron chi connectivity index (χ2n) is 3.78. The Balaban J connectivity index is 2.39. The molecule has 0 fully saturated rings. The zero-order valence-electron chi connectivity index (χ0n) is 11.3. The monoisotopic (exact) mass is 257 g/mol. The first-order valence-electron chi connectivity index (χ1n) is 6.20. The summed E-state index contributed by atoms with van der Waals surface area (Å²) in [4.78, 5) is 13.0. The van der Waals surface area contributed by atoms with Crippen molar-refractivity contribution >= 4 is 11.7 Å². The molecule has 0 aromatic heterocycles. The minimum Gasteiger partial charge on any atom is -0.463 e. The van der Waals surface area contributed by atoms with Crippen molar-refractivity contribution in [1.82, 2.24) is 0 Å². The molecule has 0 unspecified atom stereocenters. The number of esters is 1. The van der Waals surface area contributed by atoms with Gasteiger partial charge in [-0.05, 0) is 25.1 Å². The fourth-order valence-electron chi connectivity index (χ4n) is 1.38. The van der Waals surface area contributed by atoms with E-state index in [0.29, 0.717) is 6.61 Å². The highest BCUT2D eigenvalue weighted by molar-refractivity contribution is 5.82. The van der Waals surface area contributed by atoms with E-state index in [1.165, 1.54) is 6.08 Å². The van der Waals surface area contributed by atoms with Crippen LogP contribution in [0.5, 0.6) is 0 Å². The van der Waals surface area contributed by atoms with E-state index in [0.717, 1.165) is 5.69 Å². The lowest BCUT2D eigenvalue weighted by molar-refractivity contribution is -0.137. The number of carbonyl (C=O) groups is 1. The topological polar surface area (TPSA) is 29.5 Å². The normalized spacial score (nSPS) is 11.5. The highest BCUT2D eigenvalue weighted by Crippen LogP contribution is 2.10. The minimum absolute atomic E-state index is 0.322. The summed E-state index contributed by atoms with van der Waals surface area (Å²) in [5.74, 6) is -0.322. The van der Waals surface area contributed by atoms with Gasteiger partial charge in [0.1, 0.15) is 0 Å². The van der Waals surface area contributed by atoms with Gasteiger partial charge >= 0.3 is 5.97 Å². The molecule has 3 nitrogen and oxygen atoms in total. The Hall–Kier alpha value is -2.29. The summed E-state index contributed by atoms with van der Waals surface area (Å²) in [7, 11) is 1.98. The van der Waals surface area contributed by atoms with Crippen molar-refractivity contribution in [2.75, 3.05) is 18.6 Å². The van der Waals surface area contributed by atoms with Gasteiger partial charge in [0.2, 0.25) is 0 Å². The number of anilines is 1. The van der Waals surface area contributed by atoms with Gasteiger partial charge in [0.15, 0.2) is 0 Å². The number of benzene rings is 1. The van der Waals surface area contributed by atoms with Crippen molar-refractivity contribution < 1.29 is 9.53 Å². The first-order valence-corrected chi connectivity index (χ1v) is 6.20. The fourth-order valence-corrected chi connectivity index (χ4v) is 1.38. The number of nitrogens with zero attached hydrogens (tertiary/aromatic N) is 1. The van der Waals surface area contributed by atoms with Crippen molar-refractivity contribution in [2.24, 2.45) is 0 Å². The van der Waals surface area contributed by atoms with Gasteiger partial charge in [0.25, 0.3) is 0 Å². The molecular formula is C16H19NO2. The van der Waals surface area contributed by atoms with E-state index in [4.69, 9.17) is 4.74 Å². The lowest BCUT2D eigenvalue weighted by atomic mass is 10.3. The van der Waals surface area contributed by atoms with Gasteiger partial charge in [-0.15, -0.1) is 0 Å². The molecular weight excluding hydrogens is 238 g/mol. The summed E-state index contributed by atoms with van der Waals surface area (Å²) < 4.78 is 4.76. The number of rotatable bonds is 6. The molecule has 0 amide bonds. The number of para-hydroxylation sites is 1. The third-order valence-corrected chi connectivity index (χ3v) is 2.33. The summed E-state index contributed by atoms with van der Waals surface area (Å²) in [6.45, 7) is 2.18. The van der Waals surface area contributed by atoms with Crippen LogP contribution >= 0.6 is 0 Å². The van der Waals surface area contributed by atoms with E-state index in [1.54, 1.807) is 19.1 Å². The second-order valence-corrected chi connectivity index (χ2v) is 3.78. The van der Waals surface area contributed by atoms with E-state index in [-0.39, 0.29) is 5.97 Å². The molecule has 3 heteroatoms. The predicted molar refractivity (Wildman–Crippen MR) is 78.9 cm³/mol. The van der Waals surface area contributed by atoms with Crippen molar-refractivity contribution in [1.29, 1.82) is 0 Å². The van der Waals surface area contributed by atoms with Gasteiger partial charge in [-0.2, -0.15) is 0 Å².